The van der Waals surface area contributed by atoms with Crippen molar-refractivity contribution >= 4 is 25.6 Å². The molecule has 0 aromatic heterocycles. The van der Waals surface area contributed by atoms with Gasteiger partial charge in [0, 0.05) is 22.8 Å². The third-order valence-electron chi connectivity index (χ3n) is 2.72. The molecule has 0 spiro atoms. The number of hydrogen-bond acceptors (Lipinski definition) is 3. The molecule has 0 saturated carbocycles. The smallest absolute Gasteiger partial charge is 0.261 e. The zero-order valence-corrected chi connectivity index (χ0v) is 12.8. The fourth-order valence-corrected chi connectivity index (χ4v) is 2.80. The Morgan fingerprint density at radius 1 is 1.37 bits per heavy atom. The number of benzene rings is 1. The van der Waals surface area contributed by atoms with E-state index in [1.165, 1.54) is 6.07 Å². The summed E-state index contributed by atoms with van der Waals surface area (Å²) in [6, 6.07) is 4.47. The zero-order valence-electron chi connectivity index (χ0n) is 11.2. The third kappa shape index (κ3) is 4.84. The van der Waals surface area contributed by atoms with Gasteiger partial charge in [0.1, 0.15) is 0 Å². The van der Waals surface area contributed by atoms with Crippen molar-refractivity contribution in [3.63, 3.8) is 0 Å². The predicted octanol–water partition coefficient (Wildman–Crippen LogP) is 2.70. The maximum atomic E-state index is 11.9. The van der Waals surface area contributed by atoms with Crippen molar-refractivity contribution in [1.29, 1.82) is 0 Å². The van der Waals surface area contributed by atoms with Gasteiger partial charge in [0.25, 0.3) is 15.0 Å². The van der Waals surface area contributed by atoms with Crippen LogP contribution in [0.2, 0.25) is 0 Å². The fourth-order valence-electron chi connectivity index (χ4n) is 1.58. The minimum atomic E-state index is -3.83. The Kier molecular flexibility index (Phi) is 5.38. The van der Waals surface area contributed by atoms with Crippen LogP contribution in [0.1, 0.15) is 36.2 Å². The Balaban J connectivity index is 2.88. The molecule has 1 rings (SSSR count). The molecule has 0 fully saturated rings. The van der Waals surface area contributed by atoms with E-state index in [-0.39, 0.29) is 10.8 Å². The van der Waals surface area contributed by atoms with Crippen molar-refractivity contribution in [3.8, 4) is 0 Å². The monoisotopic (exact) mass is 303 g/mol. The van der Waals surface area contributed by atoms with E-state index in [2.05, 4.69) is 19.2 Å². The van der Waals surface area contributed by atoms with Crippen LogP contribution < -0.4 is 5.32 Å². The molecule has 6 heteroatoms. The second-order valence-corrected chi connectivity index (χ2v) is 7.39. The molecule has 0 unspecified atom stereocenters. The molecule has 0 aliphatic carbocycles. The molecule has 1 aromatic rings. The van der Waals surface area contributed by atoms with Gasteiger partial charge in [-0.2, -0.15) is 0 Å². The SMILES string of the molecule is Cc1ccc(C(=O)NCCC(C)C)cc1S(=O)(=O)Cl. The number of amides is 1. The Hall–Kier alpha value is -1.07. The standard InChI is InChI=1S/C13H18ClNO3S/c1-9(2)6-7-15-13(16)11-5-4-10(3)12(8-11)19(14,17)18/h4-5,8-9H,6-7H2,1-3H3,(H,15,16). The number of aryl methyl sites for hydroxylation is 1. The molecule has 1 N–H and O–H groups in total. The second kappa shape index (κ2) is 6.39. The van der Waals surface area contributed by atoms with E-state index >= 15 is 0 Å². The maximum Gasteiger partial charge on any atom is 0.261 e. The van der Waals surface area contributed by atoms with Crippen molar-refractivity contribution in [2.24, 2.45) is 5.92 Å². The number of hydrogen-bond donors (Lipinski definition) is 1. The molecule has 0 aliphatic rings. The molecular weight excluding hydrogens is 286 g/mol. The average molecular weight is 304 g/mol. The summed E-state index contributed by atoms with van der Waals surface area (Å²) in [6.45, 7) is 6.33. The largest absolute Gasteiger partial charge is 0.352 e. The topological polar surface area (TPSA) is 63.2 Å². The summed E-state index contributed by atoms with van der Waals surface area (Å²) in [7, 11) is 1.50. The van der Waals surface area contributed by atoms with Gasteiger partial charge in [-0.1, -0.05) is 19.9 Å². The first-order chi connectivity index (χ1) is 8.71. The van der Waals surface area contributed by atoms with Gasteiger partial charge in [0.05, 0.1) is 4.90 Å². The lowest BCUT2D eigenvalue weighted by Crippen LogP contribution is -2.25. The molecule has 19 heavy (non-hydrogen) atoms. The van der Waals surface area contributed by atoms with Crippen molar-refractivity contribution in [3.05, 3.63) is 29.3 Å². The highest BCUT2D eigenvalue weighted by Gasteiger charge is 2.16. The number of rotatable bonds is 5. The van der Waals surface area contributed by atoms with Crippen LogP contribution in [0.4, 0.5) is 0 Å². The number of nitrogens with one attached hydrogen (secondary N) is 1. The Bertz CT molecular complexity index is 567. The summed E-state index contributed by atoms with van der Waals surface area (Å²) in [5.41, 5.74) is 0.822. The molecule has 4 nitrogen and oxygen atoms in total. The molecule has 1 amide bonds. The molecule has 0 atom stereocenters. The summed E-state index contributed by atoms with van der Waals surface area (Å²) < 4.78 is 22.7. The van der Waals surface area contributed by atoms with E-state index in [0.717, 1.165) is 6.42 Å². The van der Waals surface area contributed by atoms with Gasteiger partial charge in [-0.25, -0.2) is 8.42 Å². The van der Waals surface area contributed by atoms with E-state index < -0.39 is 9.05 Å². The quantitative estimate of drug-likeness (QED) is 0.851. The molecule has 0 saturated heterocycles. The Morgan fingerprint density at radius 3 is 2.53 bits per heavy atom. The van der Waals surface area contributed by atoms with E-state index in [1.807, 2.05) is 0 Å². The van der Waals surface area contributed by atoms with Crippen molar-refractivity contribution < 1.29 is 13.2 Å². The average Bonchev–Trinajstić information content (AvgIpc) is 2.27. The van der Waals surface area contributed by atoms with Gasteiger partial charge in [-0.3, -0.25) is 4.79 Å². The van der Waals surface area contributed by atoms with Crippen LogP contribution >= 0.6 is 10.7 Å². The molecular formula is C13H18ClNO3S. The maximum absolute atomic E-state index is 11.9. The summed E-state index contributed by atoms with van der Waals surface area (Å²) in [4.78, 5) is 11.8. The highest BCUT2D eigenvalue weighted by atomic mass is 35.7. The highest BCUT2D eigenvalue weighted by molar-refractivity contribution is 8.13. The van der Waals surface area contributed by atoms with Crippen molar-refractivity contribution in [1.82, 2.24) is 5.32 Å². The van der Waals surface area contributed by atoms with Crippen LogP contribution in [0.25, 0.3) is 0 Å². The highest BCUT2D eigenvalue weighted by Crippen LogP contribution is 2.20. The van der Waals surface area contributed by atoms with Crippen LogP contribution in [0.15, 0.2) is 23.1 Å². The van der Waals surface area contributed by atoms with Crippen molar-refractivity contribution in [2.45, 2.75) is 32.1 Å². The lowest BCUT2D eigenvalue weighted by molar-refractivity contribution is 0.0952. The van der Waals surface area contributed by atoms with Gasteiger partial charge in [0.2, 0.25) is 0 Å². The zero-order chi connectivity index (χ0) is 14.6. The van der Waals surface area contributed by atoms with E-state index in [1.54, 1.807) is 19.1 Å². The predicted molar refractivity (Wildman–Crippen MR) is 76.0 cm³/mol. The Labute approximate surface area is 118 Å². The molecule has 0 radical (unpaired) electrons. The van der Waals surface area contributed by atoms with Crippen LogP contribution in [0.3, 0.4) is 0 Å². The molecule has 0 aliphatic heterocycles. The second-order valence-electron chi connectivity index (χ2n) is 4.86. The first-order valence-corrected chi connectivity index (χ1v) is 8.36. The summed E-state index contributed by atoms with van der Waals surface area (Å²) >= 11 is 0. The fraction of sp³-hybridized carbons (Fsp3) is 0.462. The molecule has 0 bridgehead atoms. The normalized spacial score (nSPS) is 11.6. The lowest BCUT2D eigenvalue weighted by atomic mass is 10.1. The van der Waals surface area contributed by atoms with Crippen LogP contribution in [0.5, 0.6) is 0 Å². The number of carbonyl (C=O) groups excluding carboxylic acids is 1. The van der Waals surface area contributed by atoms with Crippen LogP contribution in [-0.4, -0.2) is 20.9 Å². The molecule has 0 heterocycles. The van der Waals surface area contributed by atoms with E-state index in [9.17, 15) is 13.2 Å². The van der Waals surface area contributed by atoms with E-state index in [4.69, 9.17) is 10.7 Å². The number of carbonyl (C=O) groups is 1. The first kappa shape index (κ1) is 16.0. The van der Waals surface area contributed by atoms with Gasteiger partial charge in [-0.05, 0) is 37.0 Å². The molecule has 106 valence electrons. The minimum Gasteiger partial charge on any atom is -0.352 e. The summed E-state index contributed by atoms with van der Waals surface area (Å²) in [5.74, 6) is 0.208. The first-order valence-electron chi connectivity index (χ1n) is 6.05. The Morgan fingerprint density at radius 2 is 2.00 bits per heavy atom. The molecule has 1 aromatic carbocycles. The van der Waals surface area contributed by atoms with Crippen molar-refractivity contribution in [2.75, 3.05) is 6.54 Å². The number of halogens is 1. The van der Waals surface area contributed by atoms with Gasteiger partial charge in [-0.15, -0.1) is 0 Å². The van der Waals surface area contributed by atoms with E-state index in [0.29, 0.717) is 23.6 Å². The van der Waals surface area contributed by atoms with Gasteiger partial charge < -0.3 is 5.32 Å². The summed E-state index contributed by atoms with van der Waals surface area (Å²) in [5, 5.41) is 2.75. The van der Waals surface area contributed by atoms with Gasteiger partial charge >= 0.3 is 0 Å². The minimum absolute atomic E-state index is 0.0225. The van der Waals surface area contributed by atoms with Crippen LogP contribution in [-0.2, 0) is 9.05 Å². The lowest BCUT2D eigenvalue weighted by Gasteiger charge is -2.09. The van der Waals surface area contributed by atoms with Crippen LogP contribution in [0, 0.1) is 12.8 Å². The van der Waals surface area contributed by atoms with Gasteiger partial charge in [0.15, 0.2) is 0 Å². The summed E-state index contributed by atoms with van der Waals surface area (Å²) in [6.07, 6.45) is 0.873. The third-order valence-corrected chi connectivity index (χ3v) is 4.18.